The third kappa shape index (κ3) is 3.34. The molecule has 3 rings (SSSR count). The molecule has 1 aromatic heterocycles. The zero-order chi connectivity index (χ0) is 15.0. The van der Waals surface area contributed by atoms with Gasteiger partial charge in [-0.1, -0.05) is 48.3 Å². The average Bonchev–Trinajstić information content (AvgIpc) is 2.94. The molecule has 1 N–H and O–H groups in total. The standard InChI is InChI=1S/C15H13BrCl2N2S/c16-12-13(8-3-1-2-4-8)19-14(20-15(12)21)9-5-10(17)7-11(18)6-9/h5-8H,1-4H2,(H,19,20,21). The molecule has 110 valence electrons. The van der Waals surface area contributed by atoms with Crippen LogP contribution in [-0.2, 0) is 0 Å². The van der Waals surface area contributed by atoms with Gasteiger partial charge >= 0.3 is 0 Å². The molecule has 0 saturated heterocycles. The summed E-state index contributed by atoms with van der Waals surface area (Å²) in [5.41, 5.74) is 1.99. The molecule has 1 aromatic carbocycles. The maximum Gasteiger partial charge on any atom is 0.144 e. The Bertz CT molecular complexity index is 719. The first-order chi connectivity index (χ1) is 10.0. The van der Waals surface area contributed by atoms with Crippen molar-refractivity contribution in [3.05, 3.63) is 43.1 Å². The number of H-pyrrole nitrogens is 1. The van der Waals surface area contributed by atoms with Crippen molar-refractivity contribution >= 4 is 51.3 Å². The largest absolute Gasteiger partial charge is 0.342 e. The summed E-state index contributed by atoms with van der Waals surface area (Å²) in [5, 5.41) is 1.17. The topological polar surface area (TPSA) is 28.7 Å². The average molecular weight is 404 g/mol. The number of hydrogen-bond donors (Lipinski definition) is 1. The number of aromatic amines is 1. The Morgan fingerprint density at radius 3 is 2.38 bits per heavy atom. The van der Waals surface area contributed by atoms with Gasteiger partial charge in [0.15, 0.2) is 0 Å². The van der Waals surface area contributed by atoms with Gasteiger partial charge in [-0.2, -0.15) is 0 Å². The van der Waals surface area contributed by atoms with Gasteiger partial charge in [-0.3, -0.25) is 0 Å². The van der Waals surface area contributed by atoms with Gasteiger partial charge < -0.3 is 4.98 Å². The summed E-state index contributed by atoms with van der Waals surface area (Å²) in [4.78, 5) is 7.88. The Kier molecular flexibility index (Phi) is 4.69. The molecule has 1 saturated carbocycles. The Hall–Kier alpha value is -0.420. The molecule has 0 radical (unpaired) electrons. The highest BCUT2D eigenvalue weighted by Crippen LogP contribution is 2.37. The molecule has 0 aliphatic heterocycles. The van der Waals surface area contributed by atoms with Gasteiger partial charge in [0.1, 0.15) is 10.5 Å². The van der Waals surface area contributed by atoms with E-state index in [1.165, 1.54) is 25.7 Å². The molecule has 1 aliphatic carbocycles. The number of benzene rings is 1. The van der Waals surface area contributed by atoms with Crippen LogP contribution in [0.4, 0.5) is 0 Å². The minimum absolute atomic E-state index is 0.512. The van der Waals surface area contributed by atoms with Gasteiger partial charge in [0.25, 0.3) is 0 Å². The lowest BCUT2D eigenvalue weighted by Crippen LogP contribution is -2.02. The van der Waals surface area contributed by atoms with E-state index < -0.39 is 0 Å². The number of aromatic nitrogens is 2. The SMILES string of the molecule is S=c1nc(-c2cc(Cl)cc(Cl)c2)[nH]c(C2CCCC2)c1Br. The molecule has 2 nitrogen and oxygen atoms in total. The van der Waals surface area contributed by atoms with Crippen molar-refractivity contribution in [1.29, 1.82) is 0 Å². The van der Waals surface area contributed by atoms with Gasteiger partial charge in [0.05, 0.1) is 4.47 Å². The van der Waals surface area contributed by atoms with Crippen molar-refractivity contribution in [3.63, 3.8) is 0 Å². The van der Waals surface area contributed by atoms with Crippen LogP contribution in [0, 0.1) is 4.64 Å². The van der Waals surface area contributed by atoms with E-state index in [-0.39, 0.29) is 0 Å². The van der Waals surface area contributed by atoms with Crippen LogP contribution in [0.3, 0.4) is 0 Å². The third-order valence-electron chi connectivity index (χ3n) is 3.79. The van der Waals surface area contributed by atoms with Crippen molar-refractivity contribution in [2.45, 2.75) is 31.6 Å². The van der Waals surface area contributed by atoms with Crippen molar-refractivity contribution in [2.75, 3.05) is 0 Å². The minimum Gasteiger partial charge on any atom is -0.342 e. The fourth-order valence-electron chi connectivity index (χ4n) is 2.80. The predicted molar refractivity (Wildman–Crippen MR) is 93.8 cm³/mol. The summed E-state index contributed by atoms with van der Waals surface area (Å²) in [6.07, 6.45) is 4.89. The molecule has 1 aliphatic rings. The molecule has 0 amide bonds. The first-order valence-corrected chi connectivity index (χ1v) is 8.76. The molecule has 0 spiro atoms. The molecular weight excluding hydrogens is 391 g/mol. The molecule has 1 heterocycles. The molecule has 0 unspecified atom stereocenters. The van der Waals surface area contributed by atoms with Gasteiger partial charge in [-0.25, -0.2) is 4.98 Å². The van der Waals surface area contributed by atoms with E-state index in [0.717, 1.165) is 21.6 Å². The first-order valence-electron chi connectivity index (χ1n) is 6.81. The van der Waals surface area contributed by atoms with Crippen LogP contribution in [0.15, 0.2) is 22.7 Å². The van der Waals surface area contributed by atoms with E-state index in [4.69, 9.17) is 35.4 Å². The smallest absolute Gasteiger partial charge is 0.144 e. The van der Waals surface area contributed by atoms with Crippen molar-refractivity contribution in [1.82, 2.24) is 9.97 Å². The highest BCUT2D eigenvalue weighted by atomic mass is 79.9. The Morgan fingerprint density at radius 2 is 1.76 bits per heavy atom. The monoisotopic (exact) mass is 402 g/mol. The van der Waals surface area contributed by atoms with Crippen molar-refractivity contribution in [2.24, 2.45) is 0 Å². The van der Waals surface area contributed by atoms with Gasteiger partial charge in [0, 0.05) is 27.2 Å². The Morgan fingerprint density at radius 1 is 1.14 bits per heavy atom. The number of hydrogen-bond acceptors (Lipinski definition) is 2. The molecule has 2 aromatic rings. The molecule has 6 heteroatoms. The van der Waals surface area contributed by atoms with E-state index in [1.54, 1.807) is 6.07 Å². The summed E-state index contributed by atoms with van der Waals surface area (Å²) in [6, 6.07) is 5.39. The van der Waals surface area contributed by atoms with E-state index in [2.05, 4.69) is 25.9 Å². The summed E-state index contributed by atoms with van der Waals surface area (Å²) >= 11 is 21.1. The lowest BCUT2D eigenvalue weighted by atomic mass is 10.0. The molecular formula is C15H13BrCl2N2S. The third-order valence-corrected chi connectivity index (χ3v) is 5.59. The van der Waals surface area contributed by atoms with Crippen LogP contribution in [0.1, 0.15) is 37.3 Å². The predicted octanol–water partition coefficient (Wildman–Crippen LogP) is 6.53. The Balaban J connectivity index is 2.12. The zero-order valence-electron chi connectivity index (χ0n) is 11.1. The number of halogens is 3. The van der Waals surface area contributed by atoms with Crippen LogP contribution in [-0.4, -0.2) is 9.97 Å². The maximum absolute atomic E-state index is 6.08. The van der Waals surface area contributed by atoms with Gasteiger partial charge in [-0.15, -0.1) is 0 Å². The second kappa shape index (κ2) is 6.37. The van der Waals surface area contributed by atoms with Gasteiger partial charge in [-0.05, 0) is 47.0 Å². The summed E-state index contributed by atoms with van der Waals surface area (Å²) in [6.45, 7) is 0. The second-order valence-corrected chi connectivity index (χ2v) is 7.31. The zero-order valence-corrected chi connectivity index (χ0v) is 15.0. The summed E-state index contributed by atoms with van der Waals surface area (Å²) in [5.74, 6) is 1.23. The molecule has 21 heavy (non-hydrogen) atoms. The minimum atomic E-state index is 0.512. The van der Waals surface area contributed by atoms with Crippen LogP contribution in [0.5, 0.6) is 0 Å². The van der Waals surface area contributed by atoms with Crippen molar-refractivity contribution in [3.8, 4) is 11.4 Å². The Labute approximate surface area is 147 Å². The number of nitrogens with one attached hydrogen (secondary N) is 1. The lowest BCUT2D eigenvalue weighted by molar-refractivity contribution is 0.690. The highest BCUT2D eigenvalue weighted by molar-refractivity contribution is 9.10. The van der Waals surface area contributed by atoms with E-state index in [0.29, 0.717) is 20.6 Å². The van der Waals surface area contributed by atoms with Crippen LogP contribution < -0.4 is 0 Å². The second-order valence-electron chi connectivity index (χ2n) is 5.26. The van der Waals surface area contributed by atoms with E-state index in [1.807, 2.05) is 12.1 Å². The fourth-order valence-corrected chi connectivity index (χ4v) is 4.04. The van der Waals surface area contributed by atoms with E-state index in [9.17, 15) is 0 Å². The van der Waals surface area contributed by atoms with Crippen LogP contribution in [0.25, 0.3) is 11.4 Å². The van der Waals surface area contributed by atoms with E-state index >= 15 is 0 Å². The van der Waals surface area contributed by atoms with Crippen molar-refractivity contribution < 1.29 is 0 Å². The molecule has 0 atom stereocenters. The lowest BCUT2D eigenvalue weighted by Gasteiger charge is -2.14. The fraction of sp³-hybridized carbons (Fsp3) is 0.333. The normalized spacial score (nSPS) is 15.6. The molecule has 0 bridgehead atoms. The quantitative estimate of drug-likeness (QED) is 0.577. The summed E-state index contributed by atoms with van der Waals surface area (Å²) < 4.78 is 1.48. The number of nitrogens with zero attached hydrogens (tertiary/aromatic N) is 1. The van der Waals surface area contributed by atoms with Crippen LogP contribution in [0.2, 0.25) is 10.0 Å². The maximum atomic E-state index is 6.08. The molecule has 1 fully saturated rings. The number of rotatable bonds is 2. The van der Waals surface area contributed by atoms with Crippen LogP contribution >= 0.6 is 51.3 Å². The highest BCUT2D eigenvalue weighted by Gasteiger charge is 2.22. The summed E-state index contributed by atoms with van der Waals surface area (Å²) in [7, 11) is 0. The van der Waals surface area contributed by atoms with Gasteiger partial charge in [0.2, 0.25) is 0 Å². The first kappa shape index (κ1) is 15.5.